The van der Waals surface area contributed by atoms with Gasteiger partial charge in [0, 0.05) is 6.07 Å². The highest BCUT2D eigenvalue weighted by Crippen LogP contribution is 2.24. The zero-order chi connectivity index (χ0) is 10.1. The van der Waals surface area contributed by atoms with Crippen molar-refractivity contribution in [3.05, 3.63) is 17.9 Å². The molecule has 1 aliphatic heterocycles. The Morgan fingerprint density at radius 1 is 1.64 bits per heavy atom. The van der Waals surface area contributed by atoms with Crippen LogP contribution in [0.4, 0.5) is 10.7 Å². The van der Waals surface area contributed by atoms with E-state index < -0.39 is 6.09 Å². The van der Waals surface area contributed by atoms with E-state index in [2.05, 4.69) is 0 Å². The van der Waals surface area contributed by atoms with Crippen molar-refractivity contribution in [1.82, 2.24) is 0 Å². The molecule has 1 amide bonds. The van der Waals surface area contributed by atoms with Crippen LogP contribution in [0.1, 0.15) is 5.76 Å². The summed E-state index contributed by atoms with van der Waals surface area (Å²) in [6.07, 6.45) is -0.474. The zero-order valence-electron chi connectivity index (χ0n) is 7.77. The lowest BCUT2D eigenvalue weighted by molar-refractivity contribution is 0.173. The van der Waals surface area contributed by atoms with Crippen molar-refractivity contribution < 1.29 is 19.1 Å². The number of ether oxygens (including phenoxy) is 1. The van der Waals surface area contributed by atoms with E-state index in [-0.39, 0.29) is 19.3 Å². The third kappa shape index (κ3) is 1.35. The fourth-order valence-electron chi connectivity index (χ4n) is 1.42. The van der Waals surface area contributed by atoms with Crippen LogP contribution in [0.25, 0.3) is 0 Å². The second-order valence-corrected chi connectivity index (χ2v) is 3.17. The van der Waals surface area contributed by atoms with E-state index in [0.29, 0.717) is 5.88 Å². The van der Waals surface area contributed by atoms with Gasteiger partial charge in [-0.25, -0.2) is 9.69 Å². The molecular formula is C9H11NO4. The number of cyclic esters (lactones) is 1. The molecule has 1 unspecified atom stereocenters. The lowest BCUT2D eigenvalue weighted by Crippen LogP contribution is -2.35. The number of rotatable bonds is 2. The van der Waals surface area contributed by atoms with Gasteiger partial charge in [0.25, 0.3) is 0 Å². The van der Waals surface area contributed by atoms with Crippen molar-refractivity contribution in [2.24, 2.45) is 0 Å². The second-order valence-electron chi connectivity index (χ2n) is 3.17. The van der Waals surface area contributed by atoms with Crippen molar-refractivity contribution in [1.29, 1.82) is 0 Å². The molecule has 1 saturated heterocycles. The summed E-state index contributed by atoms with van der Waals surface area (Å²) in [6, 6.07) is 3.10. The monoisotopic (exact) mass is 197 g/mol. The normalized spacial score (nSPS) is 21.4. The zero-order valence-corrected chi connectivity index (χ0v) is 7.77. The average molecular weight is 197 g/mol. The highest BCUT2D eigenvalue weighted by atomic mass is 16.6. The van der Waals surface area contributed by atoms with Gasteiger partial charge in [-0.05, 0) is 13.0 Å². The van der Waals surface area contributed by atoms with E-state index in [1.807, 2.05) is 0 Å². The first-order chi connectivity index (χ1) is 6.72. The predicted octanol–water partition coefficient (Wildman–Crippen LogP) is 0.906. The van der Waals surface area contributed by atoms with Crippen LogP contribution >= 0.6 is 0 Å². The molecule has 0 aliphatic carbocycles. The van der Waals surface area contributed by atoms with Crippen LogP contribution in [0.5, 0.6) is 0 Å². The number of hydrogen-bond donors (Lipinski definition) is 1. The largest absolute Gasteiger partial charge is 0.447 e. The number of nitrogens with zero attached hydrogens (tertiary/aromatic N) is 1. The smallest absolute Gasteiger partial charge is 0.417 e. The Labute approximate surface area is 80.9 Å². The van der Waals surface area contributed by atoms with E-state index in [1.54, 1.807) is 19.1 Å². The maximum Gasteiger partial charge on any atom is 0.417 e. The molecule has 1 atom stereocenters. The molecule has 1 aromatic rings. The first-order valence-corrected chi connectivity index (χ1v) is 4.35. The minimum atomic E-state index is -0.474. The van der Waals surface area contributed by atoms with Gasteiger partial charge in [-0.3, -0.25) is 0 Å². The molecule has 14 heavy (non-hydrogen) atoms. The van der Waals surface area contributed by atoms with Crippen molar-refractivity contribution in [3.8, 4) is 0 Å². The Morgan fingerprint density at radius 2 is 2.43 bits per heavy atom. The van der Waals surface area contributed by atoms with Gasteiger partial charge in [-0.1, -0.05) is 0 Å². The summed E-state index contributed by atoms with van der Waals surface area (Å²) in [7, 11) is 0. The maximum atomic E-state index is 11.3. The standard InChI is InChI=1S/C9H11NO4/c1-6-2-3-8(14-6)10-7(4-11)5-13-9(10)12/h2-3,7,11H,4-5H2,1H3. The molecule has 2 heterocycles. The molecule has 1 aromatic heterocycles. The molecule has 0 radical (unpaired) electrons. The SMILES string of the molecule is Cc1ccc(N2C(=O)OCC2CO)o1. The van der Waals surface area contributed by atoms with Crippen LogP contribution in [0.3, 0.4) is 0 Å². The van der Waals surface area contributed by atoms with Crippen LogP contribution in [-0.2, 0) is 4.74 Å². The van der Waals surface area contributed by atoms with Crippen molar-refractivity contribution >= 4 is 12.0 Å². The molecule has 2 rings (SSSR count). The summed E-state index contributed by atoms with van der Waals surface area (Å²) in [5, 5.41) is 9.01. The van der Waals surface area contributed by atoms with E-state index in [1.165, 1.54) is 4.90 Å². The van der Waals surface area contributed by atoms with Crippen molar-refractivity contribution in [2.75, 3.05) is 18.1 Å². The molecule has 76 valence electrons. The van der Waals surface area contributed by atoms with Gasteiger partial charge in [0.1, 0.15) is 18.4 Å². The number of aryl methyl sites for hydroxylation is 1. The first kappa shape index (κ1) is 9.08. The van der Waals surface area contributed by atoms with Crippen LogP contribution < -0.4 is 4.90 Å². The molecule has 0 bridgehead atoms. The van der Waals surface area contributed by atoms with Gasteiger partial charge in [-0.2, -0.15) is 0 Å². The number of amides is 1. The van der Waals surface area contributed by atoms with Crippen LogP contribution in [-0.4, -0.2) is 30.5 Å². The summed E-state index contributed by atoms with van der Waals surface area (Å²) in [6.45, 7) is 1.86. The van der Waals surface area contributed by atoms with Crippen LogP contribution in [0.2, 0.25) is 0 Å². The average Bonchev–Trinajstić information content (AvgIpc) is 2.71. The van der Waals surface area contributed by atoms with Gasteiger partial charge in [0.15, 0.2) is 0 Å². The van der Waals surface area contributed by atoms with E-state index in [4.69, 9.17) is 14.3 Å². The Hall–Kier alpha value is -1.49. The molecular weight excluding hydrogens is 186 g/mol. The fraction of sp³-hybridized carbons (Fsp3) is 0.444. The lowest BCUT2D eigenvalue weighted by Gasteiger charge is -2.15. The van der Waals surface area contributed by atoms with Gasteiger partial charge in [0.05, 0.1) is 6.61 Å². The first-order valence-electron chi connectivity index (χ1n) is 4.35. The van der Waals surface area contributed by atoms with E-state index >= 15 is 0 Å². The number of hydrogen-bond acceptors (Lipinski definition) is 4. The minimum Gasteiger partial charge on any atom is -0.447 e. The third-order valence-corrected chi connectivity index (χ3v) is 2.14. The Balaban J connectivity index is 2.27. The van der Waals surface area contributed by atoms with Crippen LogP contribution in [0, 0.1) is 6.92 Å². The molecule has 5 nitrogen and oxygen atoms in total. The van der Waals surface area contributed by atoms with Crippen molar-refractivity contribution in [3.63, 3.8) is 0 Å². The molecule has 0 aromatic carbocycles. The van der Waals surface area contributed by atoms with Gasteiger partial charge < -0.3 is 14.3 Å². The summed E-state index contributed by atoms with van der Waals surface area (Å²) in [5.74, 6) is 1.14. The molecule has 0 spiro atoms. The molecule has 1 aliphatic rings. The van der Waals surface area contributed by atoms with Crippen molar-refractivity contribution in [2.45, 2.75) is 13.0 Å². The topological polar surface area (TPSA) is 62.9 Å². The Morgan fingerprint density at radius 3 is 3.00 bits per heavy atom. The van der Waals surface area contributed by atoms with Gasteiger partial charge in [-0.15, -0.1) is 0 Å². The molecule has 0 saturated carbocycles. The third-order valence-electron chi connectivity index (χ3n) is 2.14. The quantitative estimate of drug-likeness (QED) is 0.765. The highest BCUT2D eigenvalue weighted by Gasteiger charge is 2.35. The van der Waals surface area contributed by atoms with Gasteiger partial charge >= 0.3 is 6.09 Å². The number of carbonyl (C=O) groups excluding carboxylic acids is 1. The summed E-state index contributed by atoms with van der Waals surface area (Å²) in [5.41, 5.74) is 0. The van der Waals surface area contributed by atoms with Crippen LogP contribution in [0.15, 0.2) is 16.5 Å². The molecule has 1 fully saturated rings. The molecule has 1 N–H and O–H groups in total. The van der Waals surface area contributed by atoms with Gasteiger partial charge in [0.2, 0.25) is 5.88 Å². The summed E-state index contributed by atoms with van der Waals surface area (Å²) < 4.78 is 10.1. The van der Waals surface area contributed by atoms with E-state index in [9.17, 15) is 4.79 Å². The summed E-state index contributed by atoms with van der Waals surface area (Å²) >= 11 is 0. The number of furan rings is 1. The number of aliphatic hydroxyl groups excluding tert-OH is 1. The highest BCUT2D eigenvalue weighted by molar-refractivity contribution is 5.88. The minimum absolute atomic E-state index is 0.133. The summed E-state index contributed by atoms with van der Waals surface area (Å²) in [4.78, 5) is 12.6. The lowest BCUT2D eigenvalue weighted by atomic mass is 10.3. The Kier molecular flexibility index (Phi) is 2.17. The number of anilines is 1. The number of carbonyl (C=O) groups is 1. The number of aliphatic hydroxyl groups is 1. The fourth-order valence-corrected chi connectivity index (χ4v) is 1.42. The Bertz CT molecular complexity index is 346. The maximum absolute atomic E-state index is 11.3. The van der Waals surface area contributed by atoms with E-state index in [0.717, 1.165) is 5.76 Å². The predicted molar refractivity (Wildman–Crippen MR) is 48.1 cm³/mol. The molecule has 5 heteroatoms. The second kappa shape index (κ2) is 3.34.